The summed E-state index contributed by atoms with van der Waals surface area (Å²) in [7, 11) is 0. The third kappa shape index (κ3) is 3.66. The van der Waals surface area contributed by atoms with E-state index in [9.17, 15) is 0 Å². The average Bonchev–Trinajstić information content (AvgIpc) is 2.44. The van der Waals surface area contributed by atoms with E-state index >= 15 is 0 Å². The van der Waals surface area contributed by atoms with Gasteiger partial charge in [0.2, 0.25) is 0 Å². The van der Waals surface area contributed by atoms with Gasteiger partial charge in [0.15, 0.2) is 0 Å². The number of hydrogen-bond donors (Lipinski definition) is 0. The fourth-order valence-corrected chi connectivity index (χ4v) is 1.76. The Morgan fingerprint density at radius 1 is 1.20 bits per heavy atom. The summed E-state index contributed by atoms with van der Waals surface area (Å²) in [5.74, 6) is 0. The summed E-state index contributed by atoms with van der Waals surface area (Å²) < 4.78 is 0. The van der Waals surface area contributed by atoms with Gasteiger partial charge in [0, 0.05) is 0 Å². The summed E-state index contributed by atoms with van der Waals surface area (Å²) in [4.78, 5) is 0. The second-order valence-electron chi connectivity index (χ2n) is 3.31. The number of benzene rings is 1. The van der Waals surface area contributed by atoms with Gasteiger partial charge in [-0.05, 0) is 6.42 Å². The van der Waals surface area contributed by atoms with Gasteiger partial charge in [0.05, 0.1) is 0 Å². The fraction of sp³-hybridized carbons (Fsp3) is 0.250. The van der Waals surface area contributed by atoms with Crippen LogP contribution in [0.25, 0.3) is 10.8 Å². The Bertz CT molecular complexity index is 407. The van der Waals surface area contributed by atoms with Crippen molar-refractivity contribution < 1.29 is 51.0 Å². The Kier molecular flexibility index (Phi) is 8.90. The number of hydrogen-bond acceptors (Lipinski definition) is 0. The molecule has 0 N–H and O–H groups in total. The summed E-state index contributed by atoms with van der Waals surface area (Å²) in [6, 6.07) is 11.0. The minimum Gasteiger partial charge on any atom is -1.00 e. The predicted molar refractivity (Wildman–Crippen MR) is 53.7 cm³/mol. The SMILES string of the molecule is CCc1cccc2[cH-]c(C)cc12.[Cl-].[Cl-].[Zr+3]. The van der Waals surface area contributed by atoms with E-state index in [4.69, 9.17) is 0 Å². The van der Waals surface area contributed by atoms with E-state index < -0.39 is 0 Å². The van der Waals surface area contributed by atoms with Crippen molar-refractivity contribution in [1.82, 2.24) is 0 Å². The summed E-state index contributed by atoms with van der Waals surface area (Å²) in [5.41, 5.74) is 2.83. The van der Waals surface area contributed by atoms with Crippen molar-refractivity contribution >= 4 is 10.8 Å². The number of fused-ring (bicyclic) bond motifs is 1. The molecule has 15 heavy (non-hydrogen) atoms. The van der Waals surface area contributed by atoms with Crippen molar-refractivity contribution in [3.8, 4) is 0 Å². The van der Waals surface area contributed by atoms with Gasteiger partial charge in [-0.15, -0.1) is 34.5 Å². The fourth-order valence-electron chi connectivity index (χ4n) is 1.76. The average molecular weight is 319 g/mol. The van der Waals surface area contributed by atoms with E-state index in [-0.39, 0.29) is 51.0 Å². The Balaban J connectivity index is 0. The normalized spacial score (nSPS) is 8.67. The molecule has 2 rings (SSSR count). The predicted octanol–water partition coefficient (Wildman–Crippen LogP) is -2.56. The van der Waals surface area contributed by atoms with Crippen LogP contribution in [-0.4, -0.2) is 0 Å². The molecular formula is C12H13Cl2Zr. The van der Waals surface area contributed by atoms with Crippen LogP contribution in [0.4, 0.5) is 0 Å². The van der Waals surface area contributed by atoms with Gasteiger partial charge < -0.3 is 24.8 Å². The topological polar surface area (TPSA) is 0 Å². The van der Waals surface area contributed by atoms with Crippen molar-refractivity contribution in [3.05, 3.63) is 41.5 Å². The van der Waals surface area contributed by atoms with Crippen molar-refractivity contribution in [2.24, 2.45) is 0 Å². The number of rotatable bonds is 1. The molecule has 0 heterocycles. The molecule has 0 saturated heterocycles. The molecule has 0 bridgehead atoms. The molecule has 2 aromatic carbocycles. The van der Waals surface area contributed by atoms with Gasteiger partial charge in [0.25, 0.3) is 0 Å². The first-order chi connectivity index (χ1) is 5.81. The van der Waals surface area contributed by atoms with Crippen molar-refractivity contribution in [1.29, 1.82) is 0 Å². The van der Waals surface area contributed by atoms with Crippen LogP contribution < -0.4 is 24.8 Å². The summed E-state index contributed by atoms with van der Waals surface area (Å²) in [6.45, 7) is 4.36. The number of aryl methyl sites for hydroxylation is 2. The second-order valence-corrected chi connectivity index (χ2v) is 3.31. The van der Waals surface area contributed by atoms with Crippen LogP contribution in [0.5, 0.6) is 0 Å². The van der Waals surface area contributed by atoms with Gasteiger partial charge in [0.1, 0.15) is 0 Å². The first-order valence-corrected chi connectivity index (χ1v) is 4.46. The van der Waals surface area contributed by atoms with Crippen LogP contribution in [0, 0.1) is 6.92 Å². The minimum atomic E-state index is 0. The standard InChI is InChI=1S/C12H13.2ClH.Zr/c1-3-10-5-4-6-11-7-9(2)8-12(10)11;;;/h4-8H,3H2,1-2H3;2*1H;/q-1;;;+3/p-2. The van der Waals surface area contributed by atoms with Gasteiger partial charge in [-0.1, -0.05) is 25.5 Å². The molecule has 0 aromatic heterocycles. The first kappa shape index (κ1) is 17.7. The van der Waals surface area contributed by atoms with Crippen LogP contribution in [0.3, 0.4) is 0 Å². The van der Waals surface area contributed by atoms with Crippen LogP contribution in [-0.2, 0) is 32.6 Å². The van der Waals surface area contributed by atoms with Gasteiger partial charge in [-0.25, -0.2) is 0 Å². The third-order valence-corrected chi connectivity index (χ3v) is 2.37. The van der Waals surface area contributed by atoms with Gasteiger partial charge in [-0.2, -0.15) is 6.07 Å². The van der Waals surface area contributed by atoms with Crippen LogP contribution in [0.1, 0.15) is 18.1 Å². The Morgan fingerprint density at radius 3 is 2.47 bits per heavy atom. The van der Waals surface area contributed by atoms with Crippen molar-refractivity contribution in [2.45, 2.75) is 20.3 Å². The molecule has 0 saturated carbocycles. The zero-order valence-electron chi connectivity index (χ0n) is 8.85. The molecule has 0 unspecified atom stereocenters. The van der Waals surface area contributed by atoms with Crippen LogP contribution >= 0.6 is 0 Å². The zero-order valence-corrected chi connectivity index (χ0v) is 12.8. The van der Waals surface area contributed by atoms with E-state index in [1.54, 1.807) is 0 Å². The molecule has 0 spiro atoms. The van der Waals surface area contributed by atoms with E-state index in [2.05, 4.69) is 44.2 Å². The van der Waals surface area contributed by atoms with Crippen LogP contribution in [0.2, 0.25) is 0 Å². The molecule has 0 atom stereocenters. The molecule has 1 radical (unpaired) electrons. The van der Waals surface area contributed by atoms with E-state index in [0.29, 0.717) is 0 Å². The molecule has 3 heteroatoms. The molecule has 0 aliphatic heterocycles. The maximum absolute atomic E-state index is 2.27. The minimum absolute atomic E-state index is 0. The summed E-state index contributed by atoms with van der Waals surface area (Å²) >= 11 is 0. The maximum Gasteiger partial charge on any atom is 3.00 e. The zero-order chi connectivity index (χ0) is 8.55. The molecule has 2 aromatic rings. The largest absolute Gasteiger partial charge is 3.00 e. The first-order valence-electron chi connectivity index (χ1n) is 4.46. The third-order valence-electron chi connectivity index (χ3n) is 2.37. The van der Waals surface area contributed by atoms with Crippen molar-refractivity contribution in [3.63, 3.8) is 0 Å². The monoisotopic (exact) mass is 317 g/mol. The van der Waals surface area contributed by atoms with Gasteiger partial charge >= 0.3 is 26.2 Å². The van der Waals surface area contributed by atoms with E-state index in [1.807, 2.05) is 0 Å². The summed E-state index contributed by atoms with van der Waals surface area (Å²) in [6.07, 6.45) is 1.13. The Hall–Kier alpha value is 0.293. The van der Waals surface area contributed by atoms with Crippen molar-refractivity contribution in [2.75, 3.05) is 0 Å². The molecule has 79 valence electrons. The van der Waals surface area contributed by atoms with E-state index in [0.717, 1.165) is 6.42 Å². The smallest absolute Gasteiger partial charge is 1.00 e. The second kappa shape index (κ2) is 7.55. The molecule has 0 aliphatic carbocycles. The van der Waals surface area contributed by atoms with Crippen LogP contribution in [0.15, 0.2) is 30.3 Å². The quantitative estimate of drug-likeness (QED) is 0.507. The van der Waals surface area contributed by atoms with Gasteiger partial charge in [-0.3, -0.25) is 0 Å². The molecular weight excluding hydrogens is 306 g/mol. The molecule has 0 fully saturated rings. The molecule has 0 nitrogen and oxygen atoms in total. The Labute approximate surface area is 123 Å². The molecule has 0 amide bonds. The number of halogens is 2. The van der Waals surface area contributed by atoms with E-state index in [1.165, 1.54) is 21.9 Å². The summed E-state index contributed by atoms with van der Waals surface area (Å²) in [5, 5.41) is 2.81. The molecule has 0 aliphatic rings. The Morgan fingerprint density at radius 2 is 1.87 bits per heavy atom. The maximum atomic E-state index is 2.27.